The van der Waals surface area contributed by atoms with Crippen molar-refractivity contribution < 1.29 is 9.53 Å². The Kier molecular flexibility index (Phi) is 5.08. The number of ether oxygens (including phenoxy) is 1. The van der Waals surface area contributed by atoms with Gasteiger partial charge in [-0.25, -0.2) is 0 Å². The van der Waals surface area contributed by atoms with Gasteiger partial charge < -0.3 is 4.74 Å². The Hall–Kier alpha value is -1.73. The van der Waals surface area contributed by atoms with Crippen LogP contribution < -0.4 is 4.74 Å². The Bertz CT molecular complexity index is 698. The van der Waals surface area contributed by atoms with Crippen molar-refractivity contribution in [3.63, 3.8) is 0 Å². The quantitative estimate of drug-likeness (QED) is 0.753. The third kappa shape index (κ3) is 3.89. The average Bonchev–Trinajstić information content (AvgIpc) is 2.46. The normalized spacial score (nSPS) is 10.0. The number of Topliss-reactive ketones (excluding diaryl/α,β-unsaturated/α-hetero) is 1. The van der Waals surface area contributed by atoms with E-state index in [0.29, 0.717) is 16.1 Å². The molecule has 0 fully saturated rings. The molecule has 106 valence electrons. The molecule has 3 nitrogen and oxygen atoms in total. The first-order valence-corrected chi connectivity index (χ1v) is 6.95. The number of hydrogen-bond acceptors (Lipinski definition) is 3. The Morgan fingerprint density at radius 3 is 2.19 bits per heavy atom. The van der Waals surface area contributed by atoms with E-state index in [1.165, 1.54) is 12.1 Å². The number of halogens is 3. The molecule has 6 heteroatoms. The van der Waals surface area contributed by atoms with E-state index in [4.69, 9.17) is 44.8 Å². The van der Waals surface area contributed by atoms with Gasteiger partial charge in [-0.15, -0.1) is 0 Å². The number of nitrogens with zero attached hydrogens (tertiary/aromatic N) is 1. The molecule has 0 aliphatic rings. The fourth-order valence-corrected chi connectivity index (χ4v) is 2.54. The van der Waals surface area contributed by atoms with Crippen molar-refractivity contribution in [3.05, 3.63) is 62.6 Å². The Labute approximate surface area is 136 Å². The van der Waals surface area contributed by atoms with Gasteiger partial charge in [0.25, 0.3) is 0 Å². The van der Waals surface area contributed by atoms with Gasteiger partial charge in [-0.2, -0.15) is 5.26 Å². The Morgan fingerprint density at radius 1 is 1.10 bits per heavy atom. The molecule has 0 radical (unpaired) electrons. The average molecular weight is 341 g/mol. The van der Waals surface area contributed by atoms with Crippen LogP contribution in [0.3, 0.4) is 0 Å². The summed E-state index contributed by atoms with van der Waals surface area (Å²) in [5.74, 6) is -0.0358. The SMILES string of the molecule is N#Cc1ccc(C(=O)COc2c(Cl)cc(Cl)cc2Cl)cc1. The van der Waals surface area contributed by atoms with Gasteiger partial charge in [0.15, 0.2) is 18.1 Å². The fourth-order valence-electron chi connectivity index (χ4n) is 1.62. The maximum atomic E-state index is 12.0. The van der Waals surface area contributed by atoms with E-state index in [-0.39, 0.29) is 28.2 Å². The van der Waals surface area contributed by atoms with Gasteiger partial charge in [-0.1, -0.05) is 34.8 Å². The van der Waals surface area contributed by atoms with E-state index in [9.17, 15) is 4.79 Å². The van der Waals surface area contributed by atoms with Crippen LogP contribution in [-0.2, 0) is 0 Å². The van der Waals surface area contributed by atoms with Crippen LogP contribution >= 0.6 is 34.8 Å². The standard InChI is InChI=1S/C15H8Cl3NO2/c16-11-5-12(17)15(13(18)6-11)21-8-14(20)10-3-1-9(7-19)2-4-10/h1-6H,8H2. The van der Waals surface area contributed by atoms with Crippen LogP contribution in [0, 0.1) is 11.3 Å². The van der Waals surface area contributed by atoms with Crippen LogP contribution in [0.1, 0.15) is 15.9 Å². The molecule has 0 heterocycles. The highest BCUT2D eigenvalue weighted by Crippen LogP contribution is 2.35. The van der Waals surface area contributed by atoms with Crippen LogP contribution in [0.2, 0.25) is 15.1 Å². The Morgan fingerprint density at radius 2 is 1.67 bits per heavy atom. The molecule has 0 atom stereocenters. The lowest BCUT2D eigenvalue weighted by Gasteiger charge is -2.09. The minimum absolute atomic E-state index is 0.213. The van der Waals surface area contributed by atoms with E-state index in [0.717, 1.165) is 0 Å². The first-order chi connectivity index (χ1) is 10.0. The summed E-state index contributed by atoms with van der Waals surface area (Å²) in [4.78, 5) is 12.0. The molecule has 2 aromatic carbocycles. The molecule has 0 spiro atoms. The summed E-state index contributed by atoms with van der Waals surface area (Å²) in [5, 5.41) is 9.56. The summed E-state index contributed by atoms with van der Waals surface area (Å²) in [6.07, 6.45) is 0. The van der Waals surface area contributed by atoms with Gasteiger partial charge in [0, 0.05) is 10.6 Å². The molecule has 2 aromatic rings. The lowest BCUT2D eigenvalue weighted by Crippen LogP contribution is -2.12. The lowest BCUT2D eigenvalue weighted by atomic mass is 10.1. The van der Waals surface area contributed by atoms with Crippen molar-refractivity contribution in [1.82, 2.24) is 0 Å². The Balaban J connectivity index is 2.09. The maximum absolute atomic E-state index is 12.0. The van der Waals surface area contributed by atoms with Crippen LogP contribution in [0.15, 0.2) is 36.4 Å². The number of hydrogen-bond donors (Lipinski definition) is 0. The summed E-state index contributed by atoms with van der Waals surface area (Å²) in [6, 6.07) is 11.2. The van der Waals surface area contributed by atoms with Crippen molar-refractivity contribution in [1.29, 1.82) is 5.26 Å². The first-order valence-electron chi connectivity index (χ1n) is 5.82. The molecule has 0 saturated heterocycles. The van der Waals surface area contributed by atoms with Crippen LogP contribution in [0.4, 0.5) is 0 Å². The zero-order valence-electron chi connectivity index (χ0n) is 10.6. The fraction of sp³-hybridized carbons (Fsp3) is 0.0667. The summed E-state index contributed by atoms with van der Waals surface area (Å²) in [5.41, 5.74) is 0.923. The molecule has 0 bridgehead atoms. The second-order valence-electron chi connectivity index (χ2n) is 4.10. The minimum atomic E-state index is -0.249. The zero-order valence-corrected chi connectivity index (χ0v) is 12.8. The third-order valence-electron chi connectivity index (χ3n) is 2.65. The molecule has 21 heavy (non-hydrogen) atoms. The molecule has 0 aliphatic carbocycles. The van der Waals surface area contributed by atoms with E-state index in [1.54, 1.807) is 24.3 Å². The van der Waals surface area contributed by atoms with E-state index in [2.05, 4.69) is 0 Å². The third-order valence-corrected chi connectivity index (χ3v) is 3.43. The van der Waals surface area contributed by atoms with Gasteiger partial charge in [0.2, 0.25) is 0 Å². The molecule has 0 unspecified atom stereocenters. The summed E-state index contributed by atoms with van der Waals surface area (Å²) in [6.45, 7) is -0.215. The second-order valence-corrected chi connectivity index (χ2v) is 5.35. The number of rotatable bonds is 4. The molecule has 0 saturated carbocycles. The molecular weight excluding hydrogens is 333 g/mol. The van der Waals surface area contributed by atoms with Crippen LogP contribution in [0.25, 0.3) is 0 Å². The monoisotopic (exact) mass is 339 g/mol. The largest absolute Gasteiger partial charge is 0.482 e. The number of carbonyl (C=O) groups excluding carboxylic acids is 1. The summed E-state index contributed by atoms with van der Waals surface area (Å²) >= 11 is 17.7. The number of nitriles is 1. The highest BCUT2D eigenvalue weighted by Gasteiger charge is 2.12. The van der Waals surface area contributed by atoms with Gasteiger partial charge in [-0.05, 0) is 36.4 Å². The van der Waals surface area contributed by atoms with Gasteiger partial charge in [0.1, 0.15) is 0 Å². The van der Waals surface area contributed by atoms with Crippen molar-refractivity contribution >= 4 is 40.6 Å². The zero-order chi connectivity index (χ0) is 15.4. The topological polar surface area (TPSA) is 50.1 Å². The highest BCUT2D eigenvalue weighted by molar-refractivity contribution is 6.40. The maximum Gasteiger partial charge on any atom is 0.200 e. The molecule has 0 N–H and O–H groups in total. The van der Waals surface area contributed by atoms with E-state index in [1.807, 2.05) is 6.07 Å². The summed E-state index contributed by atoms with van der Waals surface area (Å²) < 4.78 is 5.36. The second kappa shape index (κ2) is 6.82. The van der Waals surface area contributed by atoms with Crippen LogP contribution in [-0.4, -0.2) is 12.4 Å². The predicted octanol–water partition coefficient (Wildman–Crippen LogP) is 4.78. The van der Waals surface area contributed by atoms with Gasteiger partial charge in [0.05, 0.1) is 21.7 Å². The van der Waals surface area contributed by atoms with E-state index < -0.39 is 0 Å². The lowest BCUT2D eigenvalue weighted by molar-refractivity contribution is 0.0922. The van der Waals surface area contributed by atoms with Crippen molar-refractivity contribution in [3.8, 4) is 11.8 Å². The van der Waals surface area contributed by atoms with Crippen molar-refractivity contribution in [2.75, 3.05) is 6.61 Å². The molecule has 0 aliphatic heterocycles. The molecule has 0 aromatic heterocycles. The predicted molar refractivity (Wildman–Crippen MR) is 82.5 cm³/mol. The van der Waals surface area contributed by atoms with Crippen LogP contribution in [0.5, 0.6) is 5.75 Å². The van der Waals surface area contributed by atoms with Gasteiger partial charge >= 0.3 is 0 Å². The smallest absolute Gasteiger partial charge is 0.200 e. The van der Waals surface area contributed by atoms with E-state index >= 15 is 0 Å². The first kappa shape index (κ1) is 15.7. The number of carbonyl (C=O) groups is 1. The minimum Gasteiger partial charge on any atom is -0.482 e. The van der Waals surface area contributed by atoms with Gasteiger partial charge in [-0.3, -0.25) is 4.79 Å². The number of benzene rings is 2. The van der Waals surface area contributed by atoms with Crippen molar-refractivity contribution in [2.45, 2.75) is 0 Å². The highest BCUT2D eigenvalue weighted by atomic mass is 35.5. The molecule has 2 rings (SSSR count). The molecular formula is C15H8Cl3NO2. The summed E-state index contributed by atoms with van der Waals surface area (Å²) in [7, 11) is 0. The van der Waals surface area contributed by atoms with Crippen molar-refractivity contribution in [2.24, 2.45) is 0 Å². The number of ketones is 1. The molecule has 0 amide bonds.